The first-order chi connectivity index (χ1) is 9.16. The summed E-state index contributed by atoms with van der Waals surface area (Å²) in [5.74, 6) is 0.0985. The van der Waals surface area contributed by atoms with Crippen LogP contribution in [0.15, 0.2) is 12.1 Å². The van der Waals surface area contributed by atoms with Crippen molar-refractivity contribution >= 4 is 41.5 Å². The van der Waals surface area contributed by atoms with Gasteiger partial charge in [0, 0.05) is 0 Å². The lowest BCUT2D eigenvalue weighted by molar-refractivity contribution is -0.123. The molecule has 3 rings (SSSR count). The Labute approximate surface area is 134 Å². The van der Waals surface area contributed by atoms with Crippen LogP contribution >= 0.6 is 35.6 Å². The first kappa shape index (κ1) is 15.9. The molecular formula is C14H17Cl3N2O. The van der Waals surface area contributed by atoms with E-state index in [0.717, 1.165) is 43.4 Å². The second-order valence-corrected chi connectivity index (χ2v) is 5.96. The molecule has 2 unspecified atom stereocenters. The Hall–Kier alpha value is -0.480. The van der Waals surface area contributed by atoms with Gasteiger partial charge in [0.25, 0.3) is 0 Å². The Kier molecular flexibility index (Phi) is 5.19. The summed E-state index contributed by atoms with van der Waals surface area (Å²) in [6.07, 6.45) is 3.76. The number of hydrogen-bond acceptors (Lipinski definition) is 2. The quantitative estimate of drug-likeness (QED) is 0.871. The molecule has 6 heteroatoms. The van der Waals surface area contributed by atoms with Crippen LogP contribution < -0.4 is 10.6 Å². The molecule has 0 radical (unpaired) electrons. The van der Waals surface area contributed by atoms with E-state index in [2.05, 4.69) is 10.6 Å². The molecule has 1 heterocycles. The molecule has 2 N–H and O–H groups in total. The minimum Gasteiger partial charge on any atom is -0.348 e. The zero-order chi connectivity index (χ0) is 13.4. The van der Waals surface area contributed by atoms with E-state index in [1.54, 1.807) is 6.07 Å². The van der Waals surface area contributed by atoms with Crippen molar-refractivity contribution in [2.45, 2.75) is 37.8 Å². The van der Waals surface area contributed by atoms with Crippen molar-refractivity contribution in [3.8, 4) is 0 Å². The van der Waals surface area contributed by atoms with E-state index in [9.17, 15) is 4.79 Å². The molecular weight excluding hydrogens is 319 g/mol. The number of nitrogens with one attached hydrogen (secondary N) is 2. The Morgan fingerprint density at radius 2 is 2.10 bits per heavy atom. The second-order valence-electron chi connectivity index (χ2n) is 5.18. The highest BCUT2D eigenvalue weighted by molar-refractivity contribution is 6.42. The lowest BCUT2D eigenvalue weighted by atomic mass is 10.1. The van der Waals surface area contributed by atoms with Crippen LogP contribution in [0.25, 0.3) is 0 Å². The van der Waals surface area contributed by atoms with Gasteiger partial charge in [0.05, 0.1) is 22.1 Å². The molecule has 1 saturated heterocycles. The van der Waals surface area contributed by atoms with Gasteiger partial charge in [-0.15, -0.1) is 12.4 Å². The highest BCUT2D eigenvalue weighted by Gasteiger charge is 2.29. The van der Waals surface area contributed by atoms with Crippen LogP contribution in [-0.4, -0.2) is 18.5 Å². The number of hydrogen-bond donors (Lipinski definition) is 2. The molecule has 20 heavy (non-hydrogen) atoms. The zero-order valence-electron chi connectivity index (χ0n) is 10.9. The molecule has 1 aliphatic carbocycles. The van der Waals surface area contributed by atoms with Crippen molar-refractivity contribution in [3.63, 3.8) is 0 Å². The summed E-state index contributed by atoms with van der Waals surface area (Å²) in [5, 5.41) is 7.56. The van der Waals surface area contributed by atoms with E-state index < -0.39 is 0 Å². The molecule has 0 spiro atoms. The van der Waals surface area contributed by atoms with Crippen LogP contribution in [0, 0.1) is 0 Å². The Morgan fingerprint density at radius 1 is 1.30 bits per heavy atom. The maximum absolute atomic E-state index is 12.1. The van der Waals surface area contributed by atoms with Crippen molar-refractivity contribution in [2.24, 2.45) is 0 Å². The molecule has 1 aliphatic heterocycles. The monoisotopic (exact) mass is 334 g/mol. The van der Waals surface area contributed by atoms with E-state index in [4.69, 9.17) is 23.2 Å². The van der Waals surface area contributed by atoms with Crippen molar-refractivity contribution in [1.29, 1.82) is 0 Å². The molecule has 0 bridgehead atoms. The summed E-state index contributed by atoms with van der Waals surface area (Å²) >= 11 is 12.2. The van der Waals surface area contributed by atoms with Crippen LogP contribution in [0.2, 0.25) is 10.0 Å². The number of fused-ring (bicyclic) bond motifs is 1. The third-order valence-electron chi connectivity index (χ3n) is 3.98. The fraction of sp³-hybridized carbons (Fsp3) is 0.500. The molecule has 1 amide bonds. The molecule has 1 aromatic carbocycles. The smallest absolute Gasteiger partial charge is 0.237 e. The fourth-order valence-electron chi connectivity index (χ4n) is 2.96. The van der Waals surface area contributed by atoms with E-state index >= 15 is 0 Å². The van der Waals surface area contributed by atoms with Crippen LogP contribution in [-0.2, 0) is 11.2 Å². The van der Waals surface area contributed by atoms with Gasteiger partial charge in [-0.1, -0.05) is 29.3 Å². The van der Waals surface area contributed by atoms with E-state index in [1.165, 1.54) is 0 Å². The summed E-state index contributed by atoms with van der Waals surface area (Å²) in [5.41, 5.74) is 2.19. The molecule has 110 valence electrons. The van der Waals surface area contributed by atoms with E-state index in [-0.39, 0.29) is 30.4 Å². The average molecular weight is 336 g/mol. The molecule has 2 aliphatic rings. The SMILES string of the molecule is Cl.O=C(NC1CCc2c1ccc(Cl)c2Cl)C1CCCN1. The van der Waals surface area contributed by atoms with E-state index in [0.29, 0.717) is 10.0 Å². The predicted molar refractivity (Wildman–Crippen MR) is 83.9 cm³/mol. The van der Waals surface area contributed by atoms with Gasteiger partial charge in [-0.25, -0.2) is 0 Å². The molecule has 1 aromatic rings. The maximum atomic E-state index is 12.1. The zero-order valence-corrected chi connectivity index (χ0v) is 13.2. The lowest BCUT2D eigenvalue weighted by Gasteiger charge is -2.17. The van der Waals surface area contributed by atoms with E-state index in [1.807, 2.05) is 6.07 Å². The predicted octanol–water partition coefficient (Wildman–Crippen LogP) is 3.27. The number of benzene rings is 1. The summed E-state index contributed by atoms with van der Waals surface area (Å²) in [4.78, 5) is 12.1. The van der Waals surface area contributed by atoms with Crippen molar-refractivity contribution in [2.75, 3.05) is 6.54 Å². The number of rotatable bonds is 2. The van der Waals surface area contributed by atoms with Crippen LogP contribution in [0.4, 0.5) is 0 Å². The first-order valence-corrected chi connectivity index (χ1v) is 7.43. The number of carbonyl (C=O) groups is 1. The highest BCUT2D eigenvalue weighted by atomic mass is 35.5. The van der Waals surface area contributed by atoms with Gasteiger partial charge in [-0.05, 0) is 49.4 Å². The highest BCUT2D eigenvalue weighted by Crippen LogP contribution is 2.39. The first-order valence-electron chi connectivity index (χ1n) is 6.67. The van der Waals surface area contributed by atoms with Gasteiger partial charge in [0.2, 0.25) is 5.91 Å². The third kappa shape index (κ3) is 2.91. The van der Waals surface area contributed by atoms with Crippen LogP contribution in [0.1, 0.15) is 36.4 Å². The van der Waals surface area contributed by atoms with Crippen LogP contribution in [0.5, 0.6) is 0 Å². The number of halogens is 3. The van der Waals surface area contributed by atoms with Gasteiger partial charge in [-0.2, -0.15) is 0 Å². The van der Waals surface area contributed by atoms with Crippen LogP contribution in [0.3, 0.4) is 0 Å². The minimum atomic E-state index is -0.0353. The summed E-state index contributed by atoms with van der Waals surface area (Å²) < 4.78 is 0. The average Bonchev–Trinajstić information content (AvgIpc) is 3.04. The number of amides is 1. The largest absolute Gasteiger partial charge is 0.348 e. The fourth-order valence-corrected chi connectivity index (χ4v) is 3.41. The molecule has 2 atom stereocenters. The molecule has 3 nitrogen and oxygen atoms in total. The maximum Gasteiger partial charge on any atom is 0.237 e. The normalized spacial score (nSPS) is 24.1. The molecule has 0 saturated carbocycles. The number of carbonyl (C=O) groups excluding carboxylic acids is 1. The van der Waals surface area contributed by atoms with Gasteiger partial charge < -0.3 is 10.6 Å². The topological polar surface area (TPSA) is 41.1 Å². The Balaban J connectivity index is 0.00000147. The van der Waals surface area contributed by atoms with Gasteiger partial charge in [0.1, 0.15) is 0 Å². The Morgan fingerprint density at radius 3 is 2.80 bits per heavy atom. The molecule has 0 aromatic heterocycles. The third-order valence-corrected chi connectivity index (χ3v) is 4.83. The van der Waals surface area contributed by atoms with Gasteiger partial charge >= 0.3 is 0 Å². The standard InChI is InChI=1S/C14H16Cl2N2O.ClH/c15-10-5-3-8-9(13(10)16)4-6-11(8)18-14(19)12-2-1-7-17-12;/h3,5,11-12,17H,1-2,4,6-7H2,(H,18,19);1H. The summed E-state index contributed by atoms with van der Waals surface area (Å²) in [6, 6.07) is 3.82. The van der Waals surface area contributed by atoms with Gasteiger partial charge in [0.15, 0.2) is 0 Å². The van der Waals surface area contributed by atoms with Crippen molar-refractivity contribution in [1.82, 2.24) is 10.6 Å². The van der Waals surface area contributed by atoms with Crippen molar-refractivity contribution < 1.29 is 4.79 Å². The molecule has 1 fully saturated rings. The van der Waals surface area contributed by atoms with Gasteiger partial charge in [-0.3, -0.25) is 4.79 Å². The summed E-state index contributed by atoms with van der Waals surface area (Å²) in [7, 11) is 0. The summed E-state index contributed by atoms with van der Waals surface area (Å²) in [6.45, 7) is 0.931. The van der Waals surface area contributed by atoms with Crippen molar-refractivity contribution in [3.05, 3.63) is 33.3 Å². The minimum absolute atomic E-state index is 0. The Bertz CT molecular complexity index is 515. The second kappa shape index (κ2) is 6.52. The lowest BCUT2D eigenvalue weighted by Crippen LogP contribution is -2.41.